The molecule has 3 fully saturated rings. The monoisotopic (exact) mass is 251 g/mol. The fourth-order valence-corrected chi connectivity index (χ4v) is 4.16. The third-order valence-corrected chi connectivity index (χ3v) is 5.34. The zero-order chi connectivity index (χ0) is 12.8. The predicted molar refractivity (Wildman–Crippen MR) is 72.5 cm³/mol. The molecule has 1 heterocycles. The van der Waals surface area contributed by atoms with Gasteiger partial charge in [-0.3, -0.25) is 0 Å². The summed E-state index contributed by atoms with van der Waals surface area (Å²) in [4.78, 5) is 7.03. The Kier molecular flexibility index (Phi) is 3.00. The molecule has 0 bridgehead atoms. The summed E-state index contributed by atoms with van der Waals surface area (Å²) in [5, 5.41) is 0. The number of nitrogens with zero attached hydrogens (tertiary/aromatic N) is 2. The van der Waals surface area contributed by atoms with E-state index in [1.165, 1.54) is 25.7 Å². The summed E-state index contributed by atoms with van der Waals surface area (Å²) in [6.07, 6.45) is 5.57. The molecular weight excluding hydrogens is 226 g/mol. The number of nitrogens with two attached hydrogens (primary N) is 1. The maximum absolute atomic E-state index is 6.17. The van der Waals surface area contributed by atoms with Crippen molar-refractivity contribution >= 4 is 5.96 Å². The third kappa shape index (κ3) is 1.51. The second-order valence-corrected chi connectivity index (χ2v) is 5.94. The maximum Gasteiger partial charge on any atom is 0.191 e. The second kappa shape index (κ2) is 4.41. The van der Waals surface area contributed by atoms with Crippen molar-refractivity contribution in [1.29, 1.82) is 0 Å². The fraction of sp³-hybridized carbons (Fsp3) is 0.929. The molecule has 2 aliphatic carbocycles. The lowest BCUT2D eigenvalue weighted by Crippen LogP contribution is -2.66. The van der Waals surface area contributed by atoms with Gasteiger partial charge in [-0.15, -0.1) is 0 Å². The van der Waals surface area contributed by atoms with Crippen molar-refractivity contribution in [3.63, 3.8) is 0 Å². The molecule has 102 valence electrons. The summed E-state index contributed by atoms with van der Waals surface area (Å²) >= 11 is 0. The van der Waals surface area contributed by atoms with Gasteiger partial charge in [0.05, 0.1) is 12.1 Å². The number of ether oxygens (including phenoxy) is 1. The SMILES string of the molecule is CCN(CC)C(N)=NC1C2CCOC2C12CCC2. The maximum atomic E-state index is 6.17. The van der Waals surface area contributed by atoms with Crippen molar-refractivity contribution < 1.29 is 4.74 Å². The van der Waals surface area contributed by atoms with Crippen LogP contribution >= 0.6 is 0 Å². The molecule has 3 rings (SSSR count). The van der Waals surface area contributed by atoms with Gasteiger partial charge >= 0.3 is 0 Å². The minimum absolute atomic E-state index is 0.360. The molecule has 0 amide bonds. The van der Waals surface area contributed by atoms with E-state index >= 15 is 0 Å². The van der Waals surface area contributed by atoms with E-state index in [4.69, 9.17) is 15.5 Å². The molecule has 1 aliphatic heterocycles. The first-order chi connectivity index (χ1) is 8.73. The Bertz CT molecular complexity index is 347. The third-order valence-electron chi connectivity index (χ3n) is 5.34. The van der Waals surface area contributed by atoms with Gasteiger partial charge in [0.2, 0.25) is 0 Å². The molecule has 2 saturated carbocycles. The van der Waals surface area contributed by atoms with Crippen molar-refractivity contribution in [2.75, 3.05) is 19.7 Å². The van der Waals surface area contributed by atoms with Crippen LogP contribution in [0.2, 0.25) is 0 Å². The highest BCUT2D eigenvalue weighted by atomic mass is 16.5. The van der Waals surface area contributed by atoms with E-state index < -0.39 is 0 Å². The molecule has 18 heavy (non-hydrogen) atoms. The van der Waals surface area contributed by atoms with E-state index in [2.05, 4.69) is 18.7 Å². The topological polar surface area (TPSA) is 50.8 Å². The summed E-state index contributed by atoms with van der Waals surface area (Å²) in [7, 11) is 0. The predicted octanol–water partition coefficient (Wildman–Crippen LogP) is 1.60. The molecule has 0 aromatic carbocycles. The van der Waals surface area contributed by atoms with E-state index in [-0.39, 0.29) is 0 Å². The number of aliphatic imine (C=N–C) groups is 1. The minimum Gasteiger partial charge on any atom is -0.377 e. The molecule has 0 aromatic heterocycles. The van der Waals surface area contributed by atoms with Crippen LogP contribution < -0.4 is 5.73 Å². The Morgan fingerprint density at radius 2 is 2.11 bits per heavy atom. The van der Waals surface area contributed by atoms with Crippen molar-refractivity contribution in [1.82, 2.24) is 4.90 Å². The van der Waals surface area contributed by atoms with E-state index in [1.54, 1.807) is 0 Å². The minimum atomic E-state index is 0.360. The Labute approximate surface area is 110 Å². The van der Waals surface area contributed by atoms with Gasteiger partial charge in [0.25, 0.3) is 0 Å². The van der Waals surface area contributed by atoms with Crippen LogP contribution in [0.1, 0.15) is 39.5 Å². The van der Waals surface area contributed by atoms with Crippen LogP contribution in [0.4, 0.5) is 0 Å². The lowest BCUT2D eigenvalue weighted by Gasteiger charge is -2.61. The number of hydrogen-bond acceptors (Lipinski definition) is 2. The molecule has 4 heteroatoms. The molecule has 1 saturated heterocycles. The first-order valence-corrected chi connectivity index (χ1v) is 7.42. The zero-order valence-corrected chi connectivity index (χ0v) is 11.6. The van der Waals surface area contributed by atoms with Crippen LogP contribution in [0.3, 0.4) is 0 Å². The van der Waals surface area contributed by atoms with Gasteiger partial charge in [-0.05, 0) is 33.1 Å². The van der Waals surface area contributed by atoms with Crippen LogP contribution in [0.25, 0.3) is 0 Å². The summed E-state index contributed by atoms with van der Waals surface area (Å²) in [6, 6.07) is 0.430. The van der Waals surface area contributed by atoms with Crippen molar-refractivity contribution in [3.05, 3.63) is 0 Å². The van der Waals surface area contributed by atoms with Gasteiger partial charge < -0.3 is 15.4 Å². The highest BCUT2D eigenvalue weighted by Gasteiger charge is 2.66. The van der Waals surface area contributed by atoms with Crippen LogP contribution in [0.5, 0.6) is 0 Å². The number of guanidine groups is 1. The molecule has 4 nitrogen and oxygen atoms in total. The molecule has 3 atom stereocenters. The molecule has 0 radical (unpaired) electrons. The van der Waals surface area contributed by atoms with E-state index in [9.17, 15) is 0 Å². The normalized spacial score (nSPS) is 37.0. The van der Waals surface area contributed by atoms with Crippen LogP contribution in [-0.4, -0.2) is 42.7 Å². The van der Waals surface area contributed by atoms with Crippen LogP contribution in [0.15, 0.2) is 4.99 Å². The lowest BCUT2D eigenvalue weighted by atomic mass is 9.46. The lowest BCUT2D eigenvalue weighted by molar-refractivity contribution is -0.164. The summed E-state index contributed by atoms with van der Waals surface area (Å²) < 4.78 is 5.91. The standard InChI is InChI=1S/C14H25N3O/c1-3-17(4-2)13(15)16-11-10-6-9-18-12(10)14(11)7-5-8-14/h10-12H,3-9H2,1-2H3,(H2,15,16). The van der Waals surface area contributed by atoms with Crippen molar-refractivity contribution in [3.8, 4) is 0 Å². The van der Waals surface area contributed by atoms with Crippen molar-refractivity contribution in [2.45, 2.75) is 51.7 Å². The number of hydrogen-bond donors (Lipinski definition) is 1. The first-order valence-electron chi connectivity index (χ1n) is 7.42. The van der Waals surface area contributed by atoms with Gasteiger partial charge in [0.15, 0.2) is 5.96 Å². The number of fused-ring (bicyclic) bond motifs is 2. The van der Waals surface area contributed by atoms with Gasteiger partial charge in [0.1, 0.15) is 0 Å². The largest absolute Gasteiger partial charge is 0.377 e. The Morgan fingerprint density at radius 1 is 1.39 bits per heavy atom. The van der Waals surface area contributed by atoms with Gasteiger partial charge in [-0.1, -0.05) is 6.42 Å². The first kappa shape index (κ1) is 12.3. The average Bonchev–Trinajstić information content (AvgIpc) is 2.71. The summed E-state index contributed by atoms with van der Waals surface area (Å²) in [6.45, 7) is 7.07. The zero-order valence-electron chi connectivity index (χ0n) is 11.6. The van der Waals surface area contributed by atoms with Crippen LogP contribution in [-0.2, 0) is 4.74 Å². The highest BCUT2D eigenvalue weighted by Crippen LogP contribution is 2.64. The van der Waals surface area contributed by atoms with Crippen molar-refractivity contribution in [2.24, 2.45) is 22.1 Å². The Balaban J connectivity index is 1.77. The summed E-state index contributed by atoms with van der Waals surface area (Å²) in [5.74, 6) is 1.38. The summed E-state index contributed by atoms with van der Waals surface area (Å²) in [5.41, 5.74) is 6.53. The number of rotatable bonds is 3. The van der Waals surface area contributed by atoms with Crippen LogP contribution in [0, 0.1) is 11.3 Å². The van der Waals surface area contributed by atoms with E-state index in [0.717, 1.165) is 25.7 Å². The molecule has 2 N–H and O–H groups in total. The average molecular weight is 251 g/mol. The second-order valence-electron chi connectivity index (χ2n) is 5.94. The molecule has 3 unspecified atom stereocenters. The van der Waals surface area contributed by atoms with Gasteiger partial charge in [-0.25, -0.2) is 4.99 Å². The quantitative estimate of drug-likeness (QED) is 0.612. The Morgan fingerprint density at radius 3 is 2.67 bits per heavy atom. The smallest absolute Gasteiger partial charge is 0.191 e. The van der Waals surface area contributed by atoms with E-state index in [1.807, 2.05) is 0 Å². The van der Waals surface area contributed by atoms with Gasteiger partial charge in [-0.2, -0.15) is 0 Å². The fourth-order valence-electron chi connectivity index (χ4n) is 4.16. The molecular formula is C14H25N3O. The van der Waals surface area contributed by atoms with E-state index in [0.29, 0.717) is 23.5 Å². The Hall–Kier alpha value is -0.770. The highest BCUT2D eigenvalue weighted by molar-refractivity contribution is 5.78. The molecule has 0 aromatic rings. The van der Waals surface area contributed by atoms with Gasteiger partial charge in [0, 0.05) is 31.0 Å². The molecule has 3 aliphatic rings. The molecule has 1 spiro atoms.